The van der Waals surface area contributed by atoms with Gasteiger partial charge in [-0.25, -0.2) is 13.1 Å². The molecular formula is C13H12Cl3NO2S2. The highest BCUT2D eigenvalue weighted by Crippen LogP contribution is 2.28. The molecule has 3 nitrogen and oxygen atoms in total. The van der Waals surface area contributed by atoms with Crippen LogP contribution in [-0.2, 0) is 15.8 Å². The van der Waals surface area contributed by atoms with Gasteiger partial charge in [0.15, 0.2) is 0 Å². The fourth-order valence-corrected chi connectivity index (χ4v) is 4.60. The lowest BCUT2D eigenvalue weighted by atomic mass is 10.2. The monoisotopic (exact) mass is 383 g/mol. The molecule has 0 saturated heterocycles. The van der Waals surface area contributed by atoms with Gasteiger partial charge in [-0.2, -0.15) is 0 Å². The van der Waals surface area contributed by atoms with Gasteiger partial charge in [0, 0.05) is 4.88 Å². The fourth-order valence-electron chi connectivity index (χ4n) is 1.78. The molecule has 1 N–H and O–H groups in total. The molecule has 0 spiro atoms. The second-order valence-corrected chi connectivity index (χ2v) is 8.80. The highest BCUT2D eigenvalue weighted by Gasteiger charge is 2.18. The summed E-state index contributed by atoms with van der Waals surface area (Å²) in [6.45, 7) is 1.77. The molecule has 0 radical (unpaired) electrons. The van der Waals surface area contributed by atoms with Crippen LogP contribution in [0.15, 0.2) is 30.3 Å². The number of halogens is 3. The smallest absolute Gasteiger partial charge is 0.212 e. The quantitative estimate of drug-likeness (QED) is 0.798. The highest BCUT2D eigenvalue weighted by molar-refractivity contribution is 7.88. The Balaban J connectivity index is 2.09. The van der Waals surface area contributed by atoms with Gasteiger partial charge in [-0.05, 0) is 36.8 Å². The molecule has 1 aromatic heterocycles. The maximum Gasteiger partial charge on any atom is 0.216 e. The zero-order valence-corrected chi connectivity index (χ0v) is 14.8. The third kappa shape index (κ3) is 4.84. The van der Waals surface area contributed by atoms with E-state index in [9.17, 15) is 8.42 Å². The molecule has 1 unspecified atom stereocenters. The molecule has 0 amide bonds. The fraction of sp³-hybridized carbons (Fsp3) is 0.231. The van der Waals surface area contributed by atoms with E-state index >= 15 is 0 Å². The number of sulfonamides is 1. The Hall–Kier alpha value is -0.300. The van der Waals surface area contributed by atoms with Crippen molar-refractivity contribution in [2.24, 2.45) is 0 Å². The van der Waals surface area contributed by atoms with Crippen LogP contribution in [0.3, 0.4) is 0 Å². The van der Waals surface area contributed by atoms with Gasteiger partial charge in [-0.3, -0.25) is 0 Å². The van der Waals surface area contributed by atoms with Gasteiger partial charge in [0.2, 0.25) is 10.0 Å². The van der Waals surface area contributed by atoms with E-state index in [1.165, 1.54) is 11.3 Å². The summed E-state index contributed by atoms with van der Waals surface area (Å²) in [5, 5.41) is 0.731. The average Bonchev–Trinajstić information content (AvgIpc) is 2.80. The molecule has 0 fully saturated rings. The molecule has 0 aliphatic rings. The number of rotatable bonds is 5. The van der Waals surface area contributed by atoms with E-state index in [1.807, 2.05) is 0 Å². The van der Waals surface area contributed by atoms with E-state index in [4.69, 9.17) is 34.8 Å². The molecule has 0 saturated carbocycles. The van der Waals surface area contributed by atoms with Gasteiger partial charge in [0.05, 0.1) is 26.2 Å². The van der Waals surface area contributed by atoms with E-state index in [2.05, 4.69) is 4.72 Å². The van der Waals surface area contributed by atoms with Gasteiger partial charge < -0.3 is 0 Å². The predicted molar refractivity (Wildman–Crippen MR) is 90.0 cm³/mol. The Labute approximate surface area is 142 Å². The van der Waals surface area contributed by atoms with Crippen LogP contribution < -0.4 is 4.72 Å². The predicted octanol–water partition coefficient (Wildman–Crippen LogP) is 4.89. The summed E-state index contributed by atoms with van der Waals surface area (Å²) in [6.07, 6.45) is 0. The Bertz CT molecular complexity index is 744. The molecule has 114 valence electrons. The Morgan fingerprint density at radius 2 is 1.86 bits per heavy atom. The van der Waals surface area contributed by atoms with E-state index in [-0.39, 0.29) is 11.8 Å². The summed E-state index contributed by atoms with van der Waals surface area (Å²) in [5.41, 5.74) is 0.577. The largest absolute Gasteiger partial charge is 0.216 e. The maximum absolute atomic E-state index is 12.2. The average molecular weight is 385 g/mol. The van der Waals surface area contributed by atoms with Crippen LogP contribution in [0.2, 0.25) is 14.4 Å². The van der Waals surface area contributed by atoms with Gasteiger partial charge in [0.25, 0.3) is 0 Å². The second-order valence-electron chi connectivity index (χ2n) is 4.49. The normalized spacial score (nSPS) is 13.3. The SMILES string of the molecule is CC(NS(=O)(=O)Cc1ccc(Cl)c(Cl)c1)c1ccc(Cl)s1. The molecule has 2 rings (SSSR count). The van der Waals surface area contributed by atoms with Crippen LogP contribution in [0.5, 0.6) is 0 Å². The van der Waals surface area contributed by atoms with Gasteiger partial charge in [-0.1, -0.05) is 40.9 Å². The summed E-state index contributed by atoms with van der Waals surface area (Å²) in [6, 6.07) is 7.98. The molecule has 1 heterocycles. The molecule has 8 heteroatoms. The van der Waals surface area contributed by atoms with Crippen molar-refractivity contribution in [2.45, 2.75) is 18.7 Å². The van der Waals surface area contributed by atoms with Crippen LogP contribution in [0.4, 0.5) is 0 Å². The Morgan fingerprint density at radius 1 is 1.14 bits per heavy atom. The van der Waals surface area contributed by atoms with E-state index in [0.29, 0.717) is 19.9 Å². The number of benzene rings is 1. The summed E-state index contributed by atoms with van der Waals surface area (Å²) in [4.78, 5) is 0.859. The van der Waals surface area contributed by atoms with Crippen molar-refractivity contribution in [1.29, 1.82) is 0 Å². The second kappa shape index (κ2) is 6.86. The lowest BCUT2D eigenvalue weighted by molar-refractivity contribution is 0.567. The van der Waals surface area contributed by atoms with Crippen LogP contribution in [-0.4, -0.2) is 8.42 Å². The van der Waals surface area contributed by atoms with Crippen molar-refractivity contribution >= 4 is 56.2 Å². The Kier molecular flexibility index (Phi) is 5.57. The maximum atomic E-state index is 12.2. The highest BCUT2D eigenvalue weighted by atomic mass is 35.5. The van der Waals surface area contributed by atoms with E-state index in [0.717, 1.165) is 4.88 Å². The van der Waals surface area contributed by atoms with E-state index in [1.54, 1.807) is 37.3 Å². The van der Waals surface area contributed by atoms with Crippen molar-refractivity contribution < 1.29 is 8.42 Å². The van der Waals surface area contributed by atoms with Crippen molar-refractivity contribution in [2.75, 3.05) is 0 Å². The summed E-state index contributed by atoms with van der Waals surface area (Å²) in [5.74, 6) is -0.159. The number of nitrogens with one attached hydrogen (secondary N) is 1. The molecule has 2 aromatic rings. The lowest BCUT2D eigenvalue weighted by Crippen LogP contribution is -2.27. The zero-order valence-electron chi connectivity index (χ0n) is 10.9. The van der Waals surface area contributed by atoms with Crippen molar-refractivity contribution in [1.82, 2.24) is 4.72 Å². The van der Waals surface area contributed by atoms with Crippen LogP contribution in [0.25, 0.3) is 0 Å². The summed E-state index contributed by atoms with van der Waals surface area (Å²) < 4.78 is 27.6. The molecule has 0 bridgehead atoms. The third-order valence-corrected chi connectivity index (χ3v) is 6.30. The third-order valence-electron chi connectivity index (χ3n) is 2.72. The summed E-state index contributed by atoms with van der Waals surface area (Å²) in [7, 11) is -3.49. The summed E-state index contributed by atoms with van der Waals surface area (Å²) >= 11 is 18.9. The number of hydrogen-bond donors (Lipinski definition) is 1. The van der Waals surface area contributed by atoms with Crippen molar-refractivity contribution in [3.05, 3.63) is 55.2 Å². The minimum Gasteiger partial charge on any atom is -0.212 e. The van der Waals surface area contributed by atoms with Crippen LogP contribution in [0, 0.1) is 0 Å². The molecule has 1 aromatic carbocycles. The first-order valence-corrected chi connectivity index (χ1v) is 9.56. The molecular weight excluding hydrogens is 373 g/mol. The first kappa shape index (κ1) is 17.1. The van der Waals surface area contributed by atoms with Crippen molar-refractivity contribution in [3.8, 4) is 0 Å². The Morgan fingerprint density at radius 3 is 2.43 bits per heavy atom. The van der Waals surface area contributed by atoms with Gasteiger partial charge in [-0.15, -0.1) is 11.3 Å². The van der Waals surface area contributed by atoms with E-state index < -0.39 is 10.0 Å². The molecule has 1 atom stereocenters. The van der Waals surface area contributed by atoms with Crippen molar-refractivity contribution in [3.63, 3.8) is 0 Å². The number of hydrogen-bond acceptors (Lipinski definition) is 3. The minimum atomic E-state index is -3.49. The minimum absolute atomic E-state index is 0.159. The number of thiophene rings is 1. The van der Waals surface area contributed by atoms with Crippen LogP contribution in [0.1, 0.15) is 23.4 Å². The first-order valence-electron chi connectivity index (χ1n) is 5.96. The lowest BCUT2D eigenvalue weighted by Gasteiger charge is -2.13. The van der Waals surface area contributed by atoms with Crippen LogP contribution >= 0.6 is 46.1 Å². The first-order chi connectivity index (χ1) is 9.77. The molecule has 0 aliphatic carbocycles. The molecule has 0 aliphatic heterocycles. The van der Waals surface area contributed by atoms with Gasteiger partial charge >= 0.3 is 0 Å². The standard InChI is InChI=1S/C13H12Cl3NO2S2/c1-8(12-4-5-13(16)20-12)17-21(18,19)7-9-2-3-10(14)11(15)6-9/h2-6,8,17H,7H2,1H3. The molecule has 21 heavy (non-hydrogen) atoms. The van der Waals surface area contributed by atoms with Gasteiger partial charge in [0.1, 0.15) is 0 Å². The topological polar surface area (TPSA) is 46.2 Å². The zero-order chi connectivity index (χ0) is 15.6.